The minimum Gasteiger partial charge on any atom is -0.276 e. The second-order valence-corrected chi connectivity index (χ2v) is 4.61. The summed E-state index contributed by atoms with van der Waals surface area (Å²) in [5.41, 5.74) is 3.85. The van der Waals surface area contributed by atoms with Crippen molar-refractivity contribution in [1.29, 1.82) is 0 Å². The van der Waals surface area contributed by atoms with Crippen LogP contribution in [0.15, 0.2) is 35.0 Å². The van der Waals surface area contributed by atoms with Gasteiger partial charge in [0.05, 0.1) is 5.56 Å². The van der Waals surface area contributed by atoms with Crippen molar-refractivity contribution >= 4 is 28.2 Å². The maximum absolute atomic E-state index is 11.2. The molecule has 1 nitrogen and oxygen atoms in total. The summed E-state index contributed by atoms with van der Waals surface area (Å²) in [4.78, 5) is 11.2. The van der Waals surface area contributed by atoms with Gasteiger partial charge in [-0.3, -0.25) is 4.79 Å². The van der Waals surface area contributed by atoms with Crippen molar-refractivity contribution < 1.29 is 4.79 Å². The van der Waals surface area contributed by atoms with Crippen molar-refractivity contribution in [2.24, 2.45) is 0 Å². The molecule has 1 aromatic heterocycles. The Kier molecular flexibility index (Phi) is 3.42. The molecule has 0 bridgehead atoms. The van der Waals surface area contributed by atoms with Crippen LogP contribution >= 0.6 is 22.9 Å². The number of halogens is 1. The Morgan fingerprint density at radius 2 is 1.94 bits per heavy atom. The van der Waals surface area contributed by atoms with Gasteiger partial charge in [-0.1, -0.05) is 31.2 Å². The third-order valence-corrected chi connectivity index (χ3v) is 3.49. The highest BCUT2D eigenvalue weighted by Gasteiger charge is 2.11. The summed E-state index contributed by atoms with van der Waals surface area (Å²) in [6.45, 7) is 2.12. The predicted molar refractivity (Wildman–Crippen MR) is 69.3 cm³/mol. The van der Waals surface area contributed by atoms with Gasteiger partial charge in [0.15, 0.2) is 0 Å². The number of thiophene rings is 1. The summed E-state index contributed by atoms with van der Waals surface area (Å²) in [6.07, 6.45) is 1.02. The Morgan fingerprint density at radius 3 is 2.50 bits per heavy atom. The molecule has 0 N–H and O–H groups in total. The van der Waals surface area contributed by atoms with E-state index in [0.29, 0.717) is 5.56 Å². The molecule has 0 aliphatic carbocycles. The largest absolute Gasteiger partial charge is 0.276 e. The van der Waals surface area contributed by atoms with Crippen LogP contribution in [0.1, 0.15) is 22.8 Å². The monoisotopic (exact) mass is 250 g/mol. The van der Waals surface area contributed by atoms with E-state index in [0.717, 1.165) is 17.5 Å². The lowest BCUT2D eigenvalue weighted by Gasteiger charge is -2.02. The van der Waals surface area contributed by atoms with E-state index in [1.54, 1.807) is 5.38 Å². The molecular formula is C13H11ClOS. The number of hydrogen-bond acceptors (Lipinski definition) is 2. The van der Waals surface area contributed by atoms with E-state index in [9.17, 15) is 4.79 Å². The van der Waals surface area contributed by atoms with Gasteiger partial charge in [0.1, 0.15) is 0 Å². The van der Waals surface area contributed by atoms with E-state index in [4.69, 9.17) is 11.6 Å². The van der Waals surface area contributed by atoms with E-state index < -0.39 is 5.24 Å². The first-order chi connectivity index (χ1) is 7.72. The Balaban J connectivity index is 2.42. The van der Waals surface area contributed by atoms with Crippen LogP contribution in [-0.4, -0.2) is 5.24 Å². The second-order valence-electron chi connectivity index (χ2n) is 3.52. The Bertz CT molecular complexity index is 499. The van der Waals surface area contributed by atoms with Crippen LogP contribution in [-0.2, 0) is 6.42 Å². The molecule has 2 rings (SSSR count). The number of benzene rings is 1. The average molecular weight is 251 g/mol. The lowest BCUT2D eigenvalue weighted by atomic mass is 10.0. The zero-order chi connectivity index (χ0) is 11.5. The SMILES string of the molecule is CCc1ccc(-c2cscc2C(=O)Cl)cc1. The van der Waals surface area contributed by atoms with E-state index in [-0.39, 0.29) is 0 Å². The summed E-state index contributed by atoms with van der Waals surface area (Å²) >= 11 is 7.02. The number of carbonyl (C=O) groups is 1. The van der Waals surface area contributed by atoms with Gasteiger partial charge in [0, 0.05) is 10.9 Å². The first kappa shape index (κ1) is 11.4. The minimum atomic E-state index is -0.393. The van der Waals surface area contributed by atoms with E-state index >= 15 is 0 Å². The summed E-state index contributed by atoms with van der Waals surface area (Å²) in [5.74, 6) is 0. The summed E-state index contributed by atoms with van der Waals surface area (Å²) in [6, 6.07) is 8.22. The van der Waals surface area contributed by atoms with Crippen LogP contribution in [0.2, 0.25) is 0 Å². The maximum atomic E-state index is 11.2. The fourth-order valence-electron chi connectivity index (χ4n) is 1.59. The Hall–Kier alpha value is -1.12. The van der Waals surface area contributed by atoms with Gasteiger partial charge in [0.25, 0.3) is 5.24 Å². The zero-order valence-electron chi connectivity index (χ0n) is 8.87. The van der Waals surface area contributed by atoms with Crippen LogP contribution in [0.4, 0.5) is 0 Å². The van der Waals surface area contributed by atoms with Gasteiger partial charge in [-0.05, 0) is 34.5 Å². The zero-order valence-corrected chi connectivity index (χ0v) is 10.4. The number of carbonyl (C=O) groups excluding carboxylic acids is 1. The molecule has 3 heteroatoms. The highest BCUT2D eigenvalue weighted by atomic mass is 35.5. The van der Waals surface area contributed by atoms with E-state index in [1.165, 1.54) is 16.9 Å². The average Bonchev–Trinajstić information content (AvgIpc) is 2.78. The standard InChI is InChI=1S/C13H11ClOS/c1-2-9-3-5-10(6-4-9)11-7-16-8-12(11)13(14)15/h3-8H,2H2,1H3. The third-order valence-electron chi connectivity index (χ3n) is 2.55. The highest BCUT2D eigenvalue weighted by molar-refractivity contribution is 7.09. The van der Waals surface area contributed by atoms with Gasteiger partial charge < -0.3 is 0 Å². The lowest BCUT2D eigenvalue weighted by molar-refractivity contribution is 0.108. The quantitative estimate of drug-likeness (QED) is 0.740. The lowest BCUT2D eigenvalue weighted by Crippen LogP contribution is -1.89. The van der Waals surface area contributed by atoms with Crippen LogP contribution in [0.25, 0.3) is 11.1 Å². The van der Waals surface area contributed by atoms with Crippen molar-refractivity contribution in [2.45, 2.75) is 13.3 Å². The molecule has 0 saturated heterocycles. The maximum Gasteiger partial charge on any atom is 0.253 e. The molecule has 1 heterocycles. The summed E-state index contributed by atoms with van der Waals surface area (Å²) < 4.78 is 0. The molecule has 0 saturated carbocycles. The predicted octanol–water partition coefficient (Wildman–Crippen LogP) is 4.36. The van der Waals surface area contributed by atoms with Crippen molar-refractivity contribution in [1.82, 2.24) is 0 Å². The fraction of sp³-hybridized carbons (Fsp3) is 0.154. The van der Waals surface area contributed by atoms with E-state index in [1.807, 2.05) is 17.5 Å². The van der Waals surface area contributed by atoms with Gasteiger partial charge >= 0.3 is 0 Å². The van der Waals surface area contributed by atoms with Crippen LogP contribution in [0, 0.1) is 0 Å². The van der Waals surface area contributed by atoms with Crippen LogP contribution in [0.3, 0.4) is 0 Å². The molecule has 2 aromatic rings. The molecule has 1 aromatic carbocycles. The minimum absolute atomic E-state index is 0.393. The van der Waals surface area contributed by atoms with Crippen LogP contribution in [0.5, 0.6) is 0 Å². The normalized spacial score (nSPS) is 10.4. The topological polar surface area (TPSA) is 17.1 Å². The second kappa shape index (κ2) is 4.81. The van der Waals surface area contributed by atoms with Gasteiger partial charge in [-0.25, -0.2) is 0 Å². The smallest absolute Gasteiger partial charge is 0.253 e. The molecule has 0 fully saturated rings. The first-order valence-corrected chi connectivity index (χ1v) is 6.39. The molecule has 0 spiro atoms. The molecule has 0 atom stereocenters. The van der Waals surface area contributed by atoms with Crippen molar-refractivity contribution in [2.75, 3.05) is 0 Å². The molecule has 0 unspecified atom stereocenters. The van der Waals surface area contributed by atoms with Gasteiger partial charge in [-0.2, -0.15) is 11.3 Å². The number of aryl methyl sites for hydroxylation is 1. The highest BCUT2D eigenvalue weighted by Crippen LogP contribution is 2.28. The van der Waals surface area contributed by atoms with E-state index in [2.05, 4.69) is 19.1 Å². The third kappa shape index (κ3) is 2.18. The van der Waals surface area contributed by atoms with Crippen molar-refractivity contribution in [3.63, 3.8) is 0 Å². The molecule has 0 aliphatic rings. The fourth-order valence-corrected chi connectivity index (χ4v) is 2.65. The summed E-state index contributed by atoms with van der Waals surface area (Å²) in [7, 11) is 0. The molecule has 0 radical (unpaired) electrons. The summed E-state index contributed by atoms with van der Waals surface area (Å²) in [5, 5.41) is 3.35. The molecule has 0 amide bonds. The van der Waals surface area contributed by atoms with Crippen molar-refractivity contribution in [3.05, 3.63) is 46.2 Å². The molecule has 82 valence electrons. The Morgan fingerprint density at radius 1 is 1.25 bits per heavy atom. The number of hydrogen-bond donors (Lipinski definition) is 0. The molecular weight excluding hydrogens is 240 g/mol. The Labute approximate surface area is 104 Å². The molecule has 16 heavy (non-hydrogen) atoms. The first-order valence-electron chi connectivity index (χ1n) is 5.07. The number of rotatable bonds is 3. The van der Waals surface area contributed by atoms with Crippen molar-refractivity contribution in [3.8, 4) is 11.1 Å². The van der Waals surface area contributed by atoms with Gasteiger partial charge in [-0.15, -0.1) is 0 Å². The van der Waals surface area contributed by atoms with Crippen LogP contribution < -0.4 is 0 Å². The van der Waals surface area contributed by atoms with Gasteiger partial charge in [0.2, 0.25) is 0 Å². The molecule has 0 aliphatic heterocycles.